The molecule has 0 bridgehead atoms. The van der Waals surface area contributed by atoms with Crippen LogP contribution in [0.15, 0.2) is 47.6 Å². The summed E-state index contributed by atoms with van der Waals surface area (Å²) in [5.41, 5.74) is 7.91. The van der Waals surface area contributed by atoms with Gasteiger partial charge in [0.15, 0.2) is 0 Å². The van der Waals surface area contributed by atoms with E-state index in [2.05, 4.69) is 9.71 Å². The highest BCUT2D eigenvalue weighted by atomic mass is 32.2. The number of nitrogen functional groups attached to an aromatic ring is 1. The molecule has 6 heteroatoms. The molecule has 0 aliphatic rings. The lowest BCUT2D eigenvalue weighted by molar-refractivity contribution is 0.581. The summed E-state index contributed by atoms with van der Waals surface area (Å²) in [6.45, 7) is 2.13. The van der Waals surface area contributed by atoms with Crippen LogP contribution in [0.3, 0.4) is 0 Å². The molecule has 0 amide bonds. The van der Waals surface area contributed by atoms with Gasteiger partial charge in [-0.1, -0.05) is 0 Å². The minimum Gasteiger partial charge on any atom is -0.399 e. The van der Waals surface area contributed by atoms with Gasteiger partial charge in [-0.05, 0) is 48.4 Å². The van der Waals surface area contributed by atoms with Crippen molar-refractivity contribution in [2.45, 2.75) is 18.4 Å². The van der Waals surface area contributed by atoms with Crippen molar-refractivity contribution in [3.8, 4) is 0 Å². The Kier molecular flexibility index (Phi) is 3.82. The Balaban J connectivity index is 2.14. The standard InChI is InChI=1S/C13H15N3O2S/c1-10-6-7-15-8-11(10)9-16-19(17,18)13-4-2-12(14)3-5-13/h2-8,16H,9,14H2,1H3. The van der Waals surface area contributed by atoms with Crippen LogP contribution in [0.4, 0.5) is 5.69 Å². The first-order valence-electron chi connectivity index (χ1n) is 5.74. The van der Waals surface area contributed by atoms with Crippen LogP contribution in [-0.2, 0) is 16.6 Å². The Bertz CT molecular complexity index is 667. The smallest absolute Gasteiger partial charge is 0.240 e. The van der Waals surface area contributed by atoms with E-state index in [9.17, 15) is 8.42 Å². The van der Waals surface area contributed by atoms with E-state index in [1.807, 2.05) is 13.0 Å². The number of nitrogens with two attached hydrogens (primary N) is 1. The summed E-state index contributed by atoms with van der Waals surface area (Å²) < 4.78 is 26.7. The average molecular weight is 277 g/mol. The van der Waals surface area contributed by atoms with Gasteiger partial charge in [0.1, 0.15) is 0 Å². The summed E-state index contributed by atoms with van der Waals surface area (Å²) in [5.74, 6) is 0. The minimum absolute atomic E-state index is 0.197. The average Bonchev–Trinajstić information content (AvgIpc) is 2.38. The summed E-state index contributed by atoms with van der Waals surface area (Å²) in [6, 6.07) is 7.92. The molecule has 0 saturated carbocycles. The van der Waals surface area contributed by atoms with Gasteiger partial charge in [-0.15, -0.1) is 0 Å². The number of rotatable bonds is 4. The molecule has 1 heterocycles. The molecule has 100 valence electrons. The van der Waals surface area contributed by atoms with Crippen molar-refractivity contribution in [1.82, 2.24) is 9.71 Å². The molecule has 0 radical (unpaired) electrons. The zero-order chi connectivity index (χ0) is 13.9. The molecule has 19 heavy (non-hydrogen) atoms. The van der Waals surface area contributed by atoms with Gasteiger partial charge >= 0.3 is 0 Å². The van der Waals surface area contributed by atoms with Crippen LogP contribution in [0.25, 0.3) is 0 Å². The highest BCUT2D eigenvalue weighted by Crippen LogP contribution is 2.12. The monoisotopic (exact) mass is 277 g/mol. The summed E-state index contributed by atoms with van der Waals surface area (Å²) in [6.07, 6.45) is 3.33. The number of hydrogen-bond donors (Lipinski definition) is 2. The third-order valence-corrected chi connectivity index (χ3v) is 4.21. The van der Waals surface area contributed by atoms with E-state index >= 15 is 0 Å². The Morgan fingerprint density at radius 2 is 1.89 bits per heavy atom. The van der Waals surface area contributed by atoms with Crippen LogP contribution in [0.5, 0.6) is 0 Å². The highest BCUT2D eigenvalue weighted by Gasteiger charge is 2.13. The summed E-state index contributed by atoms with van der Waals surface area (Å²) in [7, 11) is -3.53. The summed E-state index contributed by atoms with van der Waals surface area (Å²) >= 11 is 0. The lowest BCUT2D eigenvalue weighted by Crippen LogP contribution is -2.23. The van der Waals surface area contributed by atoms with Gasteiger partial charge < -0.3 is 5.73 Å². The van der Waals surface area contributed by atoms with Crippen LogP contribution in [0.1, 0.15) is 11.1 Å². The molecule has 2 rings (SSSR count). The zero-order valence-electron chi connectivity index (χ0n) is 10.5. The molecule has 5 nitrogen and oxygen atoms in total. The fourth-order valence-corrected chi connectivity index (χ4v) is 2.59. The molecule has 0 atom stereocenters. The number of sulfonamides is 1. The Morgan fingerprint density at radius 3 is 2.53 bits per heavy atom. The molecular formula is C13H15N3O2S. The van der Waals surface area contributed by atoms with Crippen LogP contribution >= 0.6 is 0 Å². The van der Waals surface area contributed by atoms with E-state index in [-0.39, 0.29) is 11.4 Å². The van der Waals surface area contributed by atoms with E-state index in [4.69, 9.17) is 5.73 Å². The third kappa shape index (κ3) is 3.30. The van der Waals surface area contributed by atoms with Crippen LogP contribution < -0.4 is 10.5 Å². The molecule has 0 unspecified atom stereocenters. The van der Waals surface area contributed by atoms with Crippen molar-refractivity contribution in [1.29, 1.82) is 0 Å². The maximum absolute atomic E-state index is 12.1. The molecule has 2 aromatic rings. The Morgan fingerprint density at radius 1 is 1.21 bits per heavy atom. The van der Waals surface area contributed by atoms with E-state index in [1.165, 1.54) is 12.1 Å². The predicted octanol–water partition coefficient (Wildman–Crippen LogP) is 1.45. The molecule has 0 fully saturated rings. The molecule has 0 aliphatic heterocycles. The van der Waals surface area contributed by atoms with Gasteiger partial charge in [-0.3, -0.25) is 4.98 Å². The van der Waals surface area contributed by atoms with Gasteiger partial charge in [0.25, 0.3) is 0 Å². The van der Waals surface area contributed by atoms with Crippen LogP contribution in [0.2, 0.25) is 0 Å². The first-order chi connectivity index (χ1) is 8.99. The maximum atomic E-state index is 12.1. The van der Waals surface area contributed by atoms with Crippen molar-refractivity contribution in [2.75, 3.05) is 5.73 Å². The van der Waals surface area contributed by atoms with Gasteiger partial charge in [0, 0.05) is 24.6 Å². The Hall–Kier alpha value is -1.92. The first-order valence-corrected chi connectivity index (χ1v) is 7.22. The second-order valence-electron chi connectivity index (χ2n) is 4.20. The first kappa shape index (κ1) is 13.5. The van der Waals surface area contributed by atoms with E-state index in [0.29, 0.717) is 5.69 Å². The number of nitrogens with one attached hydrogen (secondary N) is 1. The normalized spacial score (nSPS) is 11.4. The van der Waals surface area contributed by atoms with E-state index in [0.717, 1.165) is 11.1 Å². The lowest BCUT2D eigenvalue weighted by Gasteiger charge is -2.08. The molecule has 1 aromatic heterocycles. The SMILES string of the molecule is Cc1ccncc1CNS(=O)(=O)c1ccc(N)cc1. The predicted molar refractivity (Wildman–Crippen MR) is 73.9 cm³/mol. The largest absolute Gasteiger partial charge is 0.399 e. The minimum atomic E-state index is -3.53. The quantitative estimate of drug-likeness (QED) is 0.828. The second-order valence-corrected chi connectivity index (χ2v) is 5.96. The highest BCUT2D eigenvalue weighted by molar-refractivity contribution is 7.89. The molecule has 0 spiro atoms. The van der Waals surface area contributed by atoms with E-state index < -0.39 is 10.0 Å². The van der Waals surface area contributed by atoms with E-state index in [1.54, 1.807) is 24.5 Å². The summed E-state index contributed by atoms with van der Waals surface area (Å²) in [4.78, 5) is 4.18. The second kappa shape index (κ2) is 5.38. The number of nitrogens with zero attached hydrogens (tertiary/aromatic N) is 1. The fraction of sp³-hybridized carbons (Fsp3) is 0.154. The van der Waals surface area contributed by atoms with Crippen molar-refractivity contribution < 1.29 is 8.42 Å². The molecule has 0 aliphatic carbocycles. The van der Waals surface area contributed by atoms with Crippen LogP contribution in [-0.4, -0.2) is 13.4 Å². The van der Waals surface area contributed by atoms with Crippen molar-refractivity contribution in [3.05, 3.63) is 53.9 Å². The fourth-order valence-electron chi connectivity index (χ4n) is 1.58. The zero-order valence-corrected chi connectivity index (χ0v) is 11.3. The Labute approximate surface area is 112 Å². The van der Waals surface area contributed by atoms with Crippen molar-refractivity contribution >= 4 is 15.7 Å². The number of pyridine rings is 1. The molecule has 0 saturated heterocycles. The van der Waals surface area contributed by atoms with Gasteiger partial charge in [0.2, 0.25) is 10.0 Å². The lowest BCUT2D eigenvalue weighted by atomic mass is 10.2. The molecule has 3 N–H and O–H groups in total. The number of anilines is 1. The van der Waals surface area contributed by atoms with Crippen LogP contribution in [0, 0.1) is 6.92 Å². The summed E-state index contributed by atoms with van der Waals surface area (Å²) in [5, 5.41) is 0. The number of aryl methyl sites for hydroxylation is 1. The number of aromatic nitrogens is 1. The maximum Gasteiger partial charge on any atom is 0.240 e. The van der Waals surface area contributed by atoms with Crippen molar-refractivity contribution in [3.63, 3.8) is 0 Å². The topological polar surface area (TPSA) is 85.1 Å². The third-order valence-electron chi connectivity index (χ3n) is 2.79. The number of benzene rings is 1. The van der Waals surface area contributed by atoms with Gasteiger partial charge in [-0.2, -0.15) is 0 Å². The van der Waals surface area contributed by atoms with Gasteiger partial charge in [-0.25, -0.2) is 13.1 Å². The molecular weight excluding hydrogens is 262 g/mol. The van der Waals surface area contributed by atoms with Gasteiger partial charge in [0.05, 0.1) is 4.90 Å². The molecule has 1 aromatic carbocycles. The van der Waals surface area contributed by atoms with Crippen molar-refractivity contribution in [2.24, 2.45) is 0 Å². The number of hydrogen-bond acceptors (Lipinski definition) is 4.